The van der Waals surface area contributed by atoms with E-state index in [1.165, 1.54) is 32.4 Å². The summed E-state index contributed by atoms with van der Waals surface area (Å²) in [5.41, 5.74) is -0.135. The molecule has 5 heteroatoms. The summed E-state index contributed by atoms with van der Waals surface area (Å²) in [5.74, 6) is 0.864. The van der Waals surface area contributed by atoms with Crippen molar-refractivity contribution < 1.29 is 22.6 Å². The minimum Gasteiger partial charge on any atom is -0.493 e. The van der Waals surface area contributed by atoms with Crippen LogP contribution in [-0.4, -0.2) is 14.2 Å². The second kappa shape index (κ2) is 5.45. The molecule has 0 bridgehead atoms. The number of methoxy groups -OCH3 is 2. The highest BCUT2D eigenvalue weighted by Gasteiger charge is 2.33. The maximum atomic E-state index is 13.0. The highest BCUT2D eigenvalue weighted by atomic mass is 19.4. The lowest BCUT2D eigenvalue weighted by Gasteiger charge is -2.14. The summed E-state index contributed by atoms with van der Waals surface area (Å²) in [6.45, 7) is 0. The van der Waals surface area contributed by atoms with Gasteiger partial charge in [-0.3, -0.25) is 0 Å². The van der Waals surface area contributed by atoms with E-state index in [0.29, 0.717) is 17.1 Å². The summed E-state index contributed by atoms with van der Waals surface area (Å²) in [7, 11) is 2.92. The quantitative estimate of drug-likeness (QED) is 0.831. The molecule has 0 aliphatic carbocycles. The third-order valence-corrected chi connectivity index (χ3v) is 2.93. The molecule has 0 aliphatic rings. The fraction of sp³-hybridized carbons (Fsp3) is 0.200. The summed E-state index contributed by atoms with van der Waals surface area (Å²) in [6, 6.07) is 10.1. The fourth-order valence-corrected chi connectivity index (χ4v) is 1.99. The van der Waals surface area contributed by atoms with Gasteiger partial charge in [0.15, 0.2) is 11.5 Å². The van der Waals surface area contributed by atoms with Crippen molar-refractivity contribution >= 4 is 0 Å². The topological polar surface area (TPSA) is 18.5 Å². The number of ether oxygens (including phenoxy) is 2. The van der Waals surface area contributed by atoms with E-state index in [1.807, 2.05) is 0 Å². The van der Waals surface area contributed by atoms with Crippen LogP contribution in [0.1, 0.15) is 5.56 Å². The number of halogens is 3. The van der Waals surface area contributed by atoms with Gasteiger partial charge in [0.1, 0.15) is 0 Å². The van der Waals surface area contributed by atoms with Crippen LogP contribution in [0.15, 0.2) is 42.5 Å². The monoisotopic (exact) mass is 282 g/mol. The SMILES string of the molecule is COc1ccc(-c2ccccc2C(F)(F)F)cc1OC. The maximum absolute atomic E-state index is 13.0. The van der Waals surface area contributed by atoms with Crippen LogP contribution >= 0.6 is 0 Å². The Morgan fingerprint density at radius 3 is 2.10 bits per heavy atom. The van der Waals surface area contributed by atoms with Crippen molar-refractivity contribution in [1.82, 2.24) is 0 Å². The molecule has 20 heavy (non-hydrogen) atoms. The third kappa shape index (κ3) is 2.71. The van der Waals surface area contributed by atoms with Crippen molar-refractivity contribution in [3.63, 3.8) is 0 Å². The Hall–Kier alpha value is -2.17. The van der Waals surface area contributed by atoms with Crippen LogP contribution in [0, 0.1) is 0 Å². The molecule has 0 amide bonds. The van der Waals surface area contributed by atoms with E-state index < -0.39 is 11.7 Å². The van der Waals surface area contributed by atoms with Crippen molar-refractivity contribution in [1.29, 1.82) is 0 Å². The molecule has 0 fully saturated rings. The molecule has 0 atom stereocenters. The normalized spacial score (nSPS) is 11.2. The second-order valence-electron chi connectivity index (χ2n) is 4.11. The molecule has 0 spiro atoms. The number of hydrogen-bond acceptors (Lipinski definition) is 2. The van der Waals surface area contributed by atoms with E-state index in [-0.39, 0.29) is 5.56 Å². The molecule has 0 aliphatic heterocycles. The minimum atomic E-state index is -4.40. The molecule has 2 aromatic rings. The van der Waals surface area contributed by atoms with Gasteiger partial charge in [-0.15, -0.1) is 0 Å². The Labute approximate surface area is 114 Å². The molecule has 2 nitrogen and oxygen atoms in total. The van der Waals surface area contributed by atoms with Crippen molar-refractivity contribution in [2.45, 2.75) is 6.18 Å². The number of alkyl halides is 3. The fourth-order valence-electron chi connectivity index (χ4n) is 1.99. The first-order chi connectivity index (χ1) is 9.47. The average molecular weight is 282 g/mol. The molecule has 2 rings (SSSR count). The number of rotatable bonds is 3. The van der Waals surface area contributed by atoms with Crippen molar-refractivity contribution in [3.05, 3.63) is 48.0 Å². The Bertz CT molecular complexity index is 606. The van der Waals surface area contributed by atoms with Crippen LogP contribution in [0.5, 0.6) is 11.5 Å². The van der Waals surface area contributed by atoms with Gasteiger partial charge < -0.3 is 9.47 Å². The number of hydrogen-bond donors (Lipinski definition) is 0. The van der Waals surface area contributed by atoms with Crippen molar-refractivity contribution in [2.24, 2.45) is 0 Å². The van der Waals surface area contributed by atoms with Crippen LogP contribution in [0.2, 0.25) is 0 Å². The summed E-state index contributed by atoms with van der Waals surface area (Å²) in [5, 5.41) is 0. The van der Waals surface area contributed by atoms with Gasteiger partial charge in [-0.1, -0.05) is 24.3 Å². The van der Waals surface area contributed by atoms with E-state index in [9.17, 15) is 13.2 Å². The second-order valence-corrected chi connectivity index (χ2v) is 4.11. The zero-order valence-corrected chi connectivity index (χ0v) is 11.0. The summed E-state index contributed by atoms with van der Waals surface area (Å²) in [6.07, 6.45) is -4.40. The lowest BCUT2D eigenvalue weighted by molar-refractivity contribution is -0.137. The summed E-state index contributed by atoms with van der Waals surface area (Å²) >= 11 is 0. The van der Waals surface area contributed by atoms with E-state index in [2.05, 4.69) is 0 Å². The standard InChI is InChI=1S/C15H13F3O2/c1-19-13-8-7-10(9-14(13)20-2)11-5-3-4-6-12(11)15(16,17)18/h3-9H,1-2H3. The van der Waals surface area contributed by atoms with Gasteiger partial charge in [-0.05, 0) is 29.3 Å². The Morgan fingerprint density at radius 2 is 1.50 bits per heavy atom. The lowest BCUT2D eigenvalue weighted by Crippen LogP contribution is -2.06. The summed E-state index contributed by atoms with van der Waals surface area (Å²) < 4.78 is 49.2. The first-order valence-corrected chi connectivity index (χ1v) is 5.86. The molecular weight excluding hydrogens is 269 g/mol. The van der Waals surface area contributed by atoms with Crippen LogP contribution < -0.4 is 9.47 Å². The van der Waals surface area contributed by atoms with Crippen LogP contribution in [0.4, 0.5) is 13.2 Å². The van der Waals surface area contributed by atoms with Gasteiger partial charge in [-0.25, -0.2) is 0 Å². The van der Waals surface area contributed by atoms with Gasteiger partial charge >= 0.3 is 6.18 Å². The molecule has 0 radical (unpaired) electrons. The molecule has 0 saturated heterocycles. The van der Waals surface area contributed by atoms with Crippen molar-refractivity contribution in [2.75, 3.05) is 14.2 Å². The highest BCUT2D eigenvalue weighted by Crippen LogP contribution is 2.39. The smallest absolute Gasteiger partial charge is 0.417 e. The largest absolute Gasteiger partial charge is 0.493 e. The highest BCUT2D eigenvalue weighted by molar-refractivity contribution is 5.70. The number of benzene rings is 2. The zero-order valence-electron chi connectivity index (χ0n) is 11.0. The van der Waals surface area contributed by atoms with Crippen LogP contribution in [-0.2, 0) is 6.18 Å². The first kappa shape index (κ1) is 14.2. The van der Waals surface area contributed by atoms with Crippen LogP contribution in [0.3, 0.4) is 0 Å². The predicted octanol–water partition coefficient (Wildman–Crippen LogP) is 4.39. The summed E-state index contributed by atoms with van der Waals surface area (Å²) in [4.78, 5) is 0. The minimum absolute atomic E-state index is 0.112. The van der Waals surface area contributed by atoms with E-state index >= 15 is 0 Å². The van der Waals surface area contributed by atoms with Gasteiger partial charge in [0, 0.05) is 0 Å². The average Bonchev–Trinajstić information content (AvgIpc) is 2.45. The molecule has 0 heterocycles. The van der Waals surface area contributed by atoms with Gasteiger partial charge in [0.2, 0.25) is 0 Å². The van der Waals surface area contributed by atoms with E-state index in [1.54, 1.807) is 18.2 Å². The molecular formula is C15H13F3O2. The Morgan fingerprint density at radius 1 is 0.850 bits per heavy atom. The predicted molar refractivity (Wildman–Crippen MR) is 70.0 cm³/mol. The van der Waals surface area contributed by atoms with Gasteiger partial charge in [-0.2, -0.15) is 13.2 Å². The van der Waals surface area contributed by atoms with Gasteiger partial charge in [0.05, 0.1) is 19.8 Å². The lowest BCUT2D eigenvalue weighted by atomic mass is 9.99. The molecule has 2 aromatic carbocycles. The Kier molecular flexibility index (Phi) is 3.88. The molecule has 106 valence electrons. The third-order valence-electron chi connectivity index (χ3n) is 2.93. The molecule has 0 unspecified atom stereocenters. The van der Waals surface area contributed by atoms with Crippen molar-refractivity contribution in [3.8, 4) is 22.6 Å². The van der Waals surface area contributed by atoms with E-state index in [4.69, 9.17) is 9.47 Å². The molecule has 0 saturated carbocycles. The Balaban J connectivity index is 2.58. The van der Waals surface area contributed by atoms with Crippen LogP contribution in [0.25, 0.3) is 11.1 Å². The molecule has 0 N–H and O–H groups in total. The maximum Gasteiger partial charge on any atom is 0.417 e. The van der Waals surface area contributed by atoms with Gasteiger partial charge in [0.25, 0.3) is 0 Å². The zero-order chi connectivity index (χ0) is 14.8. The molecule has 0 aromatic heterocycles. The van der Waals surface area contributed by atoms with E-state index in [0.717, 1.165) is 6.07 Å². The first-order valence-electron chi connectivity index (χ1n) is 5.86.